The smallest absolute Gasteiger partial charge is 0.269 e. The largest absolute Gasteiger partial charge is 0.493 e. The first-order valence-electron chi connectivity index (χ1n) is 7.34. The predicted molar refractivity (Wildman–Crippen MR) is 102 cm³/mol. The van der Waals surface area contributed by atoms with Crippen molar-refractivity contribution in [2.24, 2.45) is 0 Å². The van der Waals surface area contributed by atoms with E-state index in [9.17, 15) is 9.59 Å². The molecule has 9 heteroatoms. The molecule has 0 spiro atoms. The molecule has 0 saturated heterocycles. The van der Waals surface area contributed by atoms with E-state index in [0.29, 0.717) is 27.6 Å². The minimum absolute atomic E-state index is 0.0567. The van der Waals surface area contributed by atoms with Gasteiger partial charge in [0.15, 0.2) is 16.6 Å². The first-order valence-corrected chi connectivity index (χ1v) is 8.12. The molecule has 0 radical (unpaired) electrons. The topological polar surface area (TPSA) is 88.7 Å². The van der Waals surface area contributed by atoms with E-state index in [1.807, 2.05) is 0 Å². The van der Waals surface area contributed by atoms with Gasteiger partial charge in [0.25, 0.3) is 11.8 Å². The average molecular weight is 394 g/mol. The Balaban J connectivity index is 1.91. The molecule has 0 aliphatic rings. The van der Waals surface area contributed by atoms with Gasteiger partial charge in [-0.1, -0.05) is 11.6 Å². The van der Waals surface area contributed by atoms with Gasteiger partial charge in [0.05, 0.1) is 14.2 Å². The van der Waals surface area contributed by atoms with E-state index in [-0.39, 0.29) is 5.11 Å². The fraction of sp³-hybridized carbons (Fsp3) is 0.118. The van der Waals surface area contributed by atoms with E-state index < -0.39 is 11.8 Å². The summed E-state index contributed by atoms with van der Waals surface area (Å²) in [7, 11) is 2.97. The Kier molecular flexibility index (Phi) is 6.76. The van der Waals surface area contributed by atoms with Crippen LogP contribution >= 0.6 is 23.8 Å². The lowest BCUT2D eigenvalue weighted by Gasteiger charge is -2.12. The van der Waals surface area contributed by atoms with Gasteiger partial charge < -0.3 is 9.47 Å². The van der Waals surface area contributed by atoms with Crippen molar-refractivity contribution in [2.45, 2.75) is 0 Å². The highest BCUT2D eigenvalue weighted by atomic mass is 35.5. The minimum Gasteiger partial charge on any atom is -0.493 e. The molecule has 2 amide bonds. The van der Waals surface area contributed by atoms with Gasteiger partial charge >= 0.3 is 0 Å². The molecule has 0 bridgehead atoms. The van der Waals surface area contributed by atoms with Gasteiger partial charge in [0, 0.05) is 16.1 Å². The van der Waals surface area contributed by atoms with Crippen LogP contribution in [0.25, 0.3) is 0 Å². The highest BCUT2D eigenvalue weighted by molar-refractivity contribution is 7.80. The zero-order valence-electron chi connectivity index (χ0n) is 14.0. The maximum atomic E-state index is 12.2. The quantitative estimate of drug-likeness (QED) is 0.545. The summed E-state index contributed by atoms with van der Waals surface area (Å²) in [5.74, 6) is 0.0232. The van der Waals surface area contributed by atoms with Crippen LogP contribution in [0.4, 0.5) is 0 Å². The van der Waals surface area contributed by atoms with E-state index in [1.54, 1.807) is 36.4 Å². The third kappa shape index (κ3) is 5.08. The summed E-state index contributed by atoms with van der Waals surface area (Å²) >= 11 is 10.8. The molecule has 0 atom stereocenters. The number of rotatable bonds is 4. The van der Waals surface area contributed by atoms with Crippen LogP contribution in [-0.2, 0) is 0 Å². The van der Waals surface area contributed by atoms with Gasteiger partial charge in [0.1, 0.15) is 0 Å². The normalized spacial score (nSPS) is 9.81. The first kappa shape index (κ1) is 19.5. The molecule has 0 aromatic heterocycles. The number of benzene rings is 2. The number of carbonyl (C=O) groups excluding carboxylic acids is 2. The van der Waals surface area contributed by atoms with E-state index in [1.165, 1.54) is 20.3 Å². The number of hydrogen-bond acceptors (Lipinski definition) is 5. The number of carbonyl (C=O) groups is 2. The molecule has 0 saturated carbocycles. The molecule has 136 valence electrons. The van der Waals surface area contributed by atoms with Crippen LogP contribution in [-0.4, -0.2) is 31.1 Å². The van der Waals surface area contributed by atoms with Gasteiger partial charge in [-0.15, -0.1) is 0 Å². The van der Waals surface area contributed by atoms with Crippen molar-refractivity contribution in [1.82, 2.24) is 16.2 Å². The third-order valence-corrected chi connectivity index (χ3v) is 3.72. The van der Waals surface area contributed by atoms with E-state index in [2.05, 4.69) is 16.2 Å². The molecular formula is C17H16ClN3O4S. The Morgan fingerprint density at radius 2 is 1.50 bits per heavy atom. The van der Waals surface area contributed by atoms with E-state index >= 15 is 0 Å². The van der Waals surface area contributed by atoms with Gasteiger partial charge in [-0.25, -0.2) is 0 Å². The Hall–Kier alpha value is -2.84. The highest BCUT2D eigenvalue weighted by Gasteiger charge is 2.12. The van der Waals surface area contributed by atoms with Gasteiger partial charge in [-0.2, -0.15) is 0 Å². The van der Waals surface area contributed by atoms with E-state index in [4.69, 9.17) is 33.3 Å². The first-order chi connectivity index (χ1) is 12.4. The number of thiocarbonyl (C=S) groups is 1. The summed E-state index contributed by atoms with van der Waals surface area (Å²) in [4.78, 5) is 24.2. The lowest BCUT2D eigenvalue weighted by atomic mass is 10.2. The molecule has 0 aliphatic carbocycles. The zero-order chi connectivity index (χ0) is 19.1. The SMILES string of the molecule is COc1ccc(C(=O)NNC(=S)NC(=O)c2ccc(Cl)cc2)cc1OC. The number of hydrogen-bond donors (Lipinski definition) is 3. The Morgan fingerprint density at radius 1 is 0.885 bits per heavy atom. The molecule has 0 fully saturated rings. The molecule has 0 aliphatic heterocycles. The van der Waals surface area contributed by atoms with Crippen LogP contribution in [0.15, 0.2) is 42.5 Å². The fourth-order valence-electron chi connectivity index (χ4n) is 1.97. The van der Waals surface area contributed by atoms with Gasteiger partial charge in [0.2, 0.25) is 0 Å². The van der Waals surface area contributed by atoms with Crippen molar-refractivity contribution in [1.29, 1.82) is 0 Å². The van der Waals surface area contributed by atoms with Crippen LogP contribution in [0.5, 0.6) is 11.5 Å². The molecule has 2 aromatic rings. The van der Waals surface area contributed by atoms with Crippen molar-refractivity contribution in [3.05, 3.63) is 58.6 Å². The average Bonchev–Trinajstić information content (AvgIpc) is 2.65. The number of halogens is 1. The summed E-state index contributed by atoms with van der Waals surface area (Å²) in [6.45, 7) is 0. The number of nitrogens with one attached hydrogen (secondary N) is 3. The van der Waals surface area contributed by atoms with Crippen LogP contribution in [0.2, 0.25) is 5.02 Å². The summed E-state index contributed by atoms with van der Waals surface area (Å²) in [5, 5.41) is 2.90. The van der Waals surface area contributed by atoms with Crippen LogP contribution < -0.4 is 25.6 Å². The summed E-state index contributed by atoms with van der Waals surface area (Å²) in [5.41, 5.74) is 5.55. The Labute approximate surface area is 160 Å². The minimum atomic E-state index is -0.464. The monoisotopic (exact) mass is 393 g/mol. The molecule has 2 aromatic carbocycles. The standard InChI is InChI=1S/C17H16ClN3O4S/c1-24-13-8-5-11(9-14(13)25-2)16(23)20-21-17(26)19-15(22)10-3-6-12(18)7-4-10/h3-9H,1-2H3,(H,20,23)(H2,19,21,22,26). The molecule has 7 nitrogen and oxygen atoms in total. The number of methoxy groups -OCH3 is 2. The number of amides is 2. The van der Waals surface area contributed by atoms with Gasteiger partial charge in [-0.05, 0) is 54.7 Å². The van der Waals surface area contributed by atoms with Crippen molar-refractivity contribution in [2.75, 3.05) is 14.2 Å². The molecular weight excluding hydrogens is 378 g/mol. The lowest BCUT2D eigenvalue weighted by molar-refractivity contribution is 0.0934. The second-order valence-electron chi connectivity index (χ2n) is 4.94. The van der Waals surface area contributed by atoms with Crippen molar-refractivity contribution in [3.8, 4) is 11.5 Å². The summed E-state index contributed by atoms with van der Waals surface area (Å²) in [6, 6.07) is 11.0. The van der Waals surface area contributed by atoms with Crippen molar-refractivity contribution in [3.63, 3.8) is 0 Å². The molecule has 3 N–H and O–H groups in total. The van der Waals surface area contributed by atoms with Gasteiger partial charge in [-0.3, -0.25) is 25.8 Å². The highest BCUT2D eigenvalue weighted by Crippen LogP contribution is 2.27. The predicted octanol–water partition coefficient (Wildman–Crippen LogP) is 2.31. The van der Waals surface area contributed by atoms with Crippen molar-refractivity contribution >= 4 is 40.7 Å². The van der Waals surface area contributed by atoms with Crippen LogP contribution in [0, 0.1) is 0 Å². The second-order valence-corrected chi connectivity index (χ2v) is 5.78. The number of hydrazine groups is 1. The van der Waals surface area contributed by atoms with Crippen LogP contribution in [0.3, 0.4) is 0 Å². The van der Waals surface area contributed by atoms with Crippen LogP contribution in [0.1, 0.15) is 20.7 Å². The third-order valence-electron chi connectivity index (χ3n) is 3.27. The Bertz CT molecular complexity index is 827. The zero-order valence-corrected chi connectivity index (χ0v) is 15.5. The van der Waals surface area contributed by atoms with E-state index in [0.717, 1.165) is 0 Å². The molecule has 0 heterocycles. The maximum Gasteiger partial charge on any atom is 0.269 e. The van der Waals surface area contributed by atoms with Crippen molar-refractivity contribution < 1.29 is 19.1 Å². The second kappa shape index (κ2) is 9.02. The lowest BCUT2D eigenvalue weighted by Crippen LogP contribution is -2.48. The fourth-order valence-corrected chi connectivity index (χ4v) is 2.24. The molecule has 26 heavy (non-hydrogen) atoms. The molecule has 0 unspecified atom stereocenters. The maximum absolute atomic E-state index is 12.2. The molecule has 2 rings (SSSR count). The Morgan fingerprint density at radius 3 is 2.12 bits per heavy atom. The summed E-state index contributed by atoms with van der Waals surface area (Å²) in [6.07, 6.45) is 0. The summed E-state index contributed by atoms with van der Waals surface area (Å²) < 4.78 is 10.3. The number of ether oxygens (including phenoxy) is 2.